The average Bonchev–Trinajstić information content (AvgIpc) is 3.27. The Hall–Kier alpha value is -0.350. The summed E-state index contributed by atoms with van der Waals surface area (Å²) in [4.78, 5) is 20.3. The van der Waals surface area contributed by atoms with Crippen LogP contribution in [0.5, 0.6) is 0 Å². The third kappa shape index (κ3) is 6.09. The maximum absolute atomic E-state index is 12.7. The molecular formula is C18H28BrIN4OS. The average molecular weight is 555 g/mol. The van der Waals surface area contributed by atoms with Gasteiger partial charge in [0, 0.05) is 46.8 Å². The van der Waals surface area contributed by atoms with Gasteiger partial charge in [-0.2, -0.15) is 0 Å². The standard InChI is InChI=1S/C18H27BrN4OS.HI/c1-20-18(21-10-16-9-14(19)12-25-16)22-15-7-8-23(11-15)17(24)13-5-3-2-4-6-13;/h9,12-13,15H,2-8,10-11H2,1H3,(H2,20,21,22);1H. The highest BCUT2D eigenvalue weighted by Gasteiger charge is 2.31. The zero-order chi connectivity index (χ0) is 17.6. The van der Waals surface area contributed by atoms with E-state index in [-0.39, 0.29) is 35.9 Å². The van der Waals surface area contributed by atoms with Gasteiger partial charge in [0.05, 0.1) is 6.54 Å². The molecule has 1 aliphatic heterocycles. The zero-order valence-corrected chi connectivity index (χ0v) is 19.9. The molecule has 2 heterocycles. The van der Waals surface area contributed by atoms with E-state index in [1.165, 1.54) is 24.1 Å². The molecule has 2 fully saturated rings. The van der Waals surface area contributed by atoms with Gasteiger partial charge in [0.15, 0.2) is 5.96 Å². The Morgan fingerprint density at radius 1 is 1.35 bits per heavy atom. The molecule has 1 atom stereocenters. The van der Waals surface area contributed by atoms with Crippen LogP contribution in [0.2, 0.25) is 0 Å². The van der Waals surface area contributed by atoms with Crippen LogP contribution in [-0.4, -0.2) is 42.9 Å². The van der Waals surface area contributed by atoms with Crippen molar-refractivity contribution in [2.45, 2.75) is 51.1 Å². The number of likely N-dealkylation sites (tertiary alicyclic amines) is 1. The summed E-state index contributed by atoms with van der Waals surface area (Å²) in [6.07, 6.45) is 6.85. The minimum absolute atomic E-state index is 0. The van der Waals surface area contributed by atoms with E-state index >= 15 is 0 Å². The summed E-state index contributed by atoms with van der Waals surface area (Å²) in [7, 11) is 1.79. The van der Waals surface area contributed by atoms with Crippen molar-refractivity contribution >= 4 is 63.1 Å². The molecule has 26 heavy (non-hydrogen) atoms. The third-order valence-corrected chi connectivity index (χ3v) is 6.77. The van der Waals surface area contributed by atoms with E-state index in [2.05, 4.69) is 47.9 Å². The smallest absolute Gasteiger partial charge is 0.225 e. The van der Waals surface area contributed by atoms with Crippen LogP contribution in [0.1, 0.15) is 43.4 Å². The highest BCUT2D eigenvalue weighted by molar-refractivity contribution is 14.0. The summed E-state index contributed by atoms with van der Waals surface area (Å²) < 4.78 is 1.12. The Labute approximate surface area is 185 Å². The molecule has 146 valence electrons. The molecule has 0 bridgehead atoms. The van der Waals surface area contributed by atoms with Crippen molar-refractivity contribution in [2.75, 3.05) is 20.1 Å². The molecular weight excluding hydrogens is 527 g/mol. The molecule has 5 nitrogen and oxygen atoms in total. The monoisotopic (exact) mass is 554 g/mol. The quantitative estimate of drug-likeness (QED) is 0.336. The fraction of sp³-hybridized carbons (Fsp3) is 0.667. The van der Waals surface area contributed by atoms with Crippen LogP contribution in [0.3, 0.4) is 0 Å². The van der Waals surface area contributed by atoms with E-state index in [4.69, 9.17) is 0 Å². The number of hydrogen-bond donors (Lipinski definition) is 2. The number of aliphatic imine (C=N–C) groups is 1. The zero-order valence-electron chi connectivity index (χ0n) is 15.2. The van der Waals surface area contributed by atoms with E-state index in [0.29, 0.717) is 5.91 Å². The summed E-state index contributed by atoms with van der Waals surface area (Å²) in [5.41, 5.74) is 0. The Kier molecular flexibility index (Phi) is 9.16. The van der Waals surface area contributed by atoms with Crippen LogP contribution in [0.15, 0.2) is 20.9 Å². The number of carbonyl (C=O) groups excluding carboxylic acids is 1. The highest BCUT2D eigenvalue weighted by Crippen LogP contribution is 2.26. The van der Waals surface area contributed by atoms with Crippen LogP contribution < -0.4 is 10.6 Å². The number of guanidine groups is 1. The Morgan fingerprint density at radius 3 is 2.77 bits per heavy atom. The Balaban J connectivity index is 0.00000243. The van der Waals surface area contributed by atoms with Crippen molar-refractivity contribution in [3.8, 4) is 0 Å². The minimum atomic E-state index is 0. The van der Waals surface area contributed by atoms with Gasteiger partial charge in [0.2, 0.25) is 5.91 Å². The van der Waals surface area contributed by atoms with Crippen molar-refractivity contribution in [3.05, 3.63) is 20.8 Å². The lowest BCUT2D eigenvalue weighted by Crippen LogP contribution is -2.45. The summed E-state index contributed by atoms with van der Waals surface area (Å²) in [6, 6.07) is 2.40. The van der Waals surface area contributed by atoms with Crippen molar-refractivity contribution in [1.82, 2.24) is 15.5 Å². The number of amides is 1. The first-order valence-electron chi connectivity index (χ1n) is 9.14. The fourth-order valence-electron chi connectivity index (χ4n) is 3.69. The molecule has 1 unspecified atom stereocenters. The number of hydrogen-bond acceptors (Lipinski definition) is 3. The van der Waals surface area contributed by atoms with Crippen molar-refractivity contribution in [1.29, 1.82) is 0 Å². The number of carbonyl (C=O) groups is 1. The molecule has 3 rings (SSSR count). The largest absolute Gasteiger partial charge is 0.352 e. The lowest BCUT2D eigenvalue weighted by atomic mass is 9.88. The molecule has 1 aliphatic carbocycles. The van der Waals surface area contributed by atoms with E-state index in [1.54, 1.807) is 18.4 Å². The van der Waals surface area contributed by atoms with Crippen LogP contribution in [0.25, 0.3) is 0 Å². The highest BCUT2D eigenvalue weighted by atomic mass is 127. The molecule has 1 saturated heterocycles. The maximum atomic E-state index is 12.7. The number of nitrogens with one attached hydrogen (secondary N) is 2. The lowest BCUT2D eigenvalue weighted by Gasteiger charge is -2.26. The second-order valence-corrected chi connectivity index (χ2v) is 8.82. The summed E-state index contributed by atoms with van der Waals surface area (Å²) in [6.45, 7) is 2.41. The fourth-order valence-corrected chi connectivity index (χ4v) is 5.08. The van der Waals surface area contributed by atoms with Gasteiger partial charge in [-0.25, -0.2) is 0 Å². The van der Waals surface area contributed by atoms with Gasteiger partial charge in [0.25, 0.3) is 0 Å². The van der Waals surface area contributed by atoms with Gasteiger partial charge in [-0.1, -0.05) is 19.3 Å². The van der Waals surface area contributed by atoms with Crippen LogP contribution in [-0.2, 0) is 11.3 Å². The van der Waals surface area contributed by atoms with E-state index in [9.17, 15) is 4.79 Å². The van der Waals surface area contributed by atoms with Gasteiger partial charge >= 0.3 is 0 Å². The Bertz CT molecular complexity index is 618. The first-order chi connectivity index (χ1) is 12.2. The predicted octanol–water partition coefficient (Wildman–Crippen LogP) is 3.97. The summed E-state index contributed by atoms with van der Waals surface area (Å²) >= 11 is 5.20. The van der Waals surface area contributed by atoms with Gasteiger partial charge in [0.1, 0.15) is 0 Å². The molecule has 1 amide bonds. The van der Waals surface area contributed by atoms with E-state index < -0.39 is 0 Å². The number of rotatable bonds is 4. The number of nitrogens with zero attached hydrogens (tertiary/aromatic N) is 2. The van der Waals surface area contributed by atoms with Crippen LogP contribution >= 0.6 is 51.2 Å². The molecule has 0 radical (unpaired) electrons. The molecule has 0 aromatic carbocycles. The first kappa shape index (κ1) is 21.9. The molecule has 1 aromatic heterocycles. The molecule has 2 N–H and O–H groups in total. The van der Waals surface area contributed by atoms with E-state index in [0.717, 1.165) is 49.3 Å². The van der Waals surface area contributed by atoms with Crippen LogP contribution in [0, 0.1) is 5.92 Å². The molecule has 1 aromatic rings. The number of thiophene rings is 1. The topological polar surface area (TPSA) is 56.7 Å². The van der Waals surface area contributed by atoms with E-state index in [1.807, 2.05) is 0 Å². The SMILES string of the molecule is CN=C(NCc1cc(Br)cs1)NC1CCN(C(=O)C2CCCCC2)C1.I. The van der Waals surface area contributed by atoms with Gasteiger partial charge in [-0.3, -0.25) is 9.79 Å². The van der Waals surface area contributed by atoms with Crippen LogP contribution in [0.4, 0.5) is 0 Å². The Morgan fingerprint density at radius 2 is 2.12 bits per heavy atom. The second kappa shape index (κ2) is 10.8. The van der Waals surface area contributed by atoms with Crippen molar-refractivity contribution in [2.24, 2.45) is 10.9 Å². The maximum Gasteiger partial charge on any atom is 0.225 e. The normalized spacial score (nSPS) is 21.4. The predicted molar refractivity (Wildman–Crippen MR) is 122 cm³/mol. The van der Waals surface area contributed by atoms with Gasteiger partial charge < -0.3 is 15.5 Å². The summed E-state index contributed by atoms with van der Waals surface area (Å²) in [5.74, 6) is 1.44. The minimum Gasteiger partial charge on any atom is -0.352 e. The van der Waals surface area contributed by atoms with Crippen molar-refractivity contribution in [3.63, 3.8) is 0 Å². The number of halogens is 2. The third-order valence-electron chi connectivity index (χ3n) is 5.07. The molecule has 2 aliphatic rings. The van der Waals surface area contributed by atoms with Gasteiger partial charge in [-0.15, -0.1) is 35.3 Å². The second-order valence-electron chi connectivity index (χ2n) is 6.91. The molecule has 0 spiro atoms. The molecule has 1 saturated carbocycles. The van der Waals surface area contributed by atoms with Crippen molar-refractivity contribution < 1.29 is 4.79 Å². The lowest BCUT2D eigenvalue weighted by molar-refractivity contribution is -0.135. The van der Waals surface area contributed by atoms with Gasteiger partial charge in [-0.05, 0) is 41.3 Å². The molecule has 8 heteroatoms. The first-order valence-corrected chi connectivity index (χ1v) is 10.8. The summed E-state index contributed by atoms with van der Waals surface area (Å²) in [5, 5.41) is 8.91.